The highest BCUT2D eigenvalue weighted by Gasteiger charge is 1.88. The van der Waals surface area contributed by atoms with Crippen LogP contribution in [0.3, 0.4) is 0 Å². The molecule has 72 valence electrons. The summed E-state index contributed by atoms with van der Waals surface area (Å²) in [5, 5.41) is 0. The van der Waals surface area contributed by atoms with E-state index in [1.165, 1.54) is 0 Å². The van der Waals surface area contributed by atoms with Crippen molar-refractivity contribution in [1.29, 1.82) is 0 Å². The van der Waals surface area contributed by atoms with Gasteiger partial charge in [-0.15, -0.1) is 34.0 Å². The summed E-state index contributed by atoms with van der Waals surface area (Å²) in [6.45, 7) is 0. The van der Waals surface area contributed by atoms with Crippen LogP contribution in [0.25, 0.3) is 0 Å². The highest BCUT2D eigenvalue weighted by atomic mass is 79.9. The number of rotatable bonds is 0. The van der Waals surface area contributed by atoms with E-state index in [2.05, 4.69) is 28.2 Å². The van der Waals surface area contributed by atoms with E-state index < -0.39 is 0 Å². The van der Waals surface area contributed by atoms with Crippen molar-refractivity contribution in [2.75, 3.05) is 28.2 Å². The van der Waals surface area contributed by atoms with Crippen molar-refractivity contribution in [2.45, 2.75) is 0 Å². The molecule has 0 heterocycles. The second kappa shape index (κ2) is 16.7. The van der Waals surface area contributed by atoms with Gasteiger partial charge < -0.3 is 33.8 Å². The third-order valence-corrected chi connectivity index (χ3v) is 0. The molecule has 0 radical (unpaired) electrons. The Kier molecular flexibility index (Phi) is 71.3. The first kappa shape index (κ1) is 42.6. The zero-order chi connectivity index (χ0) is 4.50. The number of quaternary nitrogens is 1. The lowest BCUT2D eigenvalue weighted by Gasteiger charge is -2.14. The van der Waals surface area contributed by atoms with Crippen LogP contribution in [-0.2, 0) is 0 Å². The van der Waals surface area contributed by atoms with Gasteiger partial charge in [0.2, 0.25) is 0 Å². The highest BCUT2D eigenvalue weighted by Crippen LogP contribution is 1.73. The molecule has 0 aliphatic heterocycles. The predicted molar refractivity (Wildman–Crippen MR) is 54.6 cm³/mol. The summed E-state index contributed by atoms with van der Waals surface area (Å²) in [6, 6.07) is 0. The van der Waals surface area contributed by atoms with E-state index >= 15 is 0 Å². The van der Waals surface area contributed by atoms with E-state index in [4.69, 9.17) is 0 Å². The normalized spacial score (nSPS) is 6.00. The Balaban J connectivity index is -0.00000000800. The quantitative estimate of drug-likeness (QED) is 0.540. The lowest BCUT2D eigenvalue weighted by atomic mass is 10.8. The molecular weight excluding hydrogens is 330 g/mol. The van der Waals surface area contributed by atoms with E-state index in [0.29, 0.717) is 0 Å². The van der Waals surface area contributed by atoms with Gasteiger partial charge in [-0.3, -0.25) is 0 Å². The summed E-state index contributed by atoms with van der Waals surface area (Å²) < 4.78 is 1.00. The lowest BCUT2D eigenvalue weighted by molar-refractivity contribution is -0.849. The molecule has 0 aromatic rings. The van der Waals surface area contributed by atoms with Crippen molar-refractivity contribution in [3.05, 3.63) is 0 Å². The van der Waals surface area contributed by atoms with Crippen LogP contribution in [0.5, 0.6) is 0 Å². The third kappa shape index (κ3) is 370. The fourth-order valence-electron chi connectivity index (χ4n) is 0. The molecule has 3 nitrogen and oxygen atoms in total. The minimum absolute atomic E-state index is 0. The van der Waals surface area contributed by atoms with E-state index in [-0.39, 0.29) is 63.2 Å². The van der Waals surface area contributed by atoms with Gasteiger partial charge in [-0.2, -0.15) is 0 Å². The van der Waals surface area contributed by atoms with Crippen molar-refractivity contribution in [3.63, 3.8) is 0 Å². The van der Waals surface area contributed by atoms with Crippen LogP contribution in [0.4, 0.5) is 0 Å². The van der Waals surface area contributed by atoms with Crippen LogP contribution >= 0.6 is 34.0 Å². The molecule has 0 rings (SSSR count). The summed E-state index contributed by atoms with van der Waals surface area (Å²) >= 11 is 0. The van der Waals surface area contributed by atoms with Gasteiger partial charge in [0.15, 0.2) is 0 Å². The van der Waals surface area contributed by atoms with Crippen molar-refractivity contribution in [2.24, 2.45) is 0 Å². The fourth-order valence-corrected chi connectivity index (χ4v) is 0. The Bertz CT molecular complexity index is 31.2. The Morgan fingerprint density at radius 3 is 0.700 bits per heavy atom. The van der Waals surface area contributed by atoms with Crippen molar-refractivity contribution < 1.29 is 21.5 Å². The van der Waals surface area contributed by atoms with Crippen LogP contribution in [0, 0.1) is 0 Å². The number of hydrogen-bond acceptors (Lipinski definition) is 2. The standard InChI is InChI=1S/C4H12N.3BrH.2H3N/c1-5(2,3)4;;;;;/h1-4H3;3*1H;2*1H3/q+1;;;;;/p-1. The van der Waals surface area contributed by atoms with Gasteiger partial charge in [0.1, 0.15) is 0 Å². The maximum absolute atomic E-state index is 2.12. The average molecular weight is 350 g/mol. The van der Waals surface area contributed by atoms with Crippen LogP contribution in [-0.4, -0.2) is 32.7 Å². The molecule has 0 atom stereocenters. The minimum atomic E-state index is 0. The van der Waals surface area contributed by atoms with Gasteiger partial charge in [0.25, 0.3) is 0 Å². The second-order valence-electron chi connectivity index (χ2n) is 2.68. The largest absolute Gasteiger partial charge is 1.00 e. The molecule has 0 saturated carbocycles. The molecule has 0 spiro atoms. The molecule has 0 aliphatic rings. The smallest absolute Gasteiger partial charge is 0.0675 e. The van der Waals surface area contributed by atoms with Crippen LogP contribution in [0.2, 0.25) is 0 Å². The molecule has 6 N–H and O–H groups in total. The molecular formula is C4H20Br3N3. The van der Waals surface area contributed by atoms with Gasteiger partial charge in [0.05, 0.1) is 28.2 Å². The SMILES string of the molecule is Br.Br.C[N+](C)(C)C.N.N.[Br-]. The second-order valence-corrected chi connectivity index (χ2v) is 2.68. The summed E-state index contributed by atoms with van der Waals surface area (Å²) in [4.78, 5) is 0. The van der Waals surface area contributed by atoms with Crippen LogP contribution in [0.15, 0.2) is 0 Å². The van der Waals surface area contributed by atoms with Gasteiger partial charge in [-0.05, 0) is 0 Å². The van der Waals surface area contributed by atoms with E-state index in [1.807, 2.05) is 0 Å². The van der Waals surface area contributed by atoms with Crippen molar-refractivity contribution in [3.8, 4) is 0 Å². The van der Waals surface area contributed by atoms with Gasteiger partial charge in [-0.1, -0.05) is 0 Å². The summed E-state index contributed by atoms with van der Waals surface area (Å²) in [5.41, 5.74) is 0. The molecule has 0 fully saturated rings. The summed E-state index contributed by atoms with van der Waals surface area (Å²) in [5.74, 6) is 0. The number of hydrogen-bond donors (Lipinski definition) is 2. The molecule has 6 heteroatoms. The van der Waals surface area contributed by atoms with Crippen molar-refractivity contribution >= 4 is 34.0 Å². The maximum atomic E-state index is 2.12. The van der Waals surface area contributed by atoms with E-state index in [9.17, 15) is 0 Å². The Morgan fingerprint density at radius 1 is 0.700 bits per heavy atom. The lowest BCUT2D eigenvalue weighted by Crippen LogP contribution is -3.00. The molecule has 0 bridgehead atoms. The first-order valence-corrected chi connectivity index (χ1v) is 1.79. The predicted octanol–water partition coefficient (Wildman–Crippen LogP) is -1.19. The summed E-state index contributed by atoms with van der Waals surface area (Å²) in [7, 11) is 8.50. The molecule has 10 heavy (non-hydrogen) atoms. The monoisotopic (exact) mass is 347 g/mol. The fraction of sp³-hybridized carbons (Fsp3) is 1.00. The molecule has 0 aromatic carbocycles. The first-order chi connectivity index (χ1) is 2.00. The zero-order valence-corrected chi connectivity index (χ0v) is 12.1. The third-order valence-electron chi connectivity index (χ3n) is 0. The topological polar surface area (TPSA) is 70.0 Å². The Hall–Kier alpha value is 1.32. The van der Waals surface area contributed by atoms with Crippen molar-refractivity contribution in [1.82, 2.24) is 12.3 Å². The molecule has 0 amide bonds. The van der Waals surface area contributed by atoms with Gasteiger partial charge >= 0.3 is 0 Å². The highest BCUT2D eigenvalue weighted by molar-refractivity contribution is 8.93. The number of nitrogens with zero attached hydrogens (tertiary/aromatic N) is 1. The van der Waals surface area contributed by atoms with Crippen LogP contribution < -0.4 is 29.3 Å². The summed E-state index contributed by atoms with van der Waals surface area (Å²) in [6.07, 6.45) is 0. The average Bonchev–Trinajstić information content (AvgIpc) is 0.722. The molecule has 0 aliphatic carbocycles. The Labute approximate surface area is 95.6 Å². The Morgan fingerprint density at radius 2 is 0.700 bits per heavy atom. The van der Waals surface area contributed by atoms with Gasteiger partial charge in [0, 0.05) is 0 Å². The first-order valence-electron chi connectivity index (χ1n) is 1.79. The van der Waals surface area contributed by atoms with Gasteiger partial charge in [-0.25, -0.2) is 0 Å². The van der Waals surface area contributed by atoms with E-state index in [0.717, 1.165) is 4.48 Å². The zero-order valence-electron chi connectivity index (χ0n) is 7.06. The van der Waals surface area contributed by atoms with E-state index in [1.54, 1.807) is 0 Å². The molecule has 0 unspecified atom stereocenters. The van der Waals surface area contributed by atoms with Crippen LogP contribution in [0.1, 0.15) is 0 Å². The number of halogens is 3. The maximum Gasteiger partial charge on any atom is 0.0675 e. The minimum Gasteiger partial charge on any atom is -1.00 e. The molecule has 0 aromatic heterocycles. The molecule has 0 saturated heterocycles.